The van der Waals surface area contributed by atoms with Crippen molar-refractivity contribution in [1.29, 1.82) is 0 Å². The lowest BCUT2D eigenvalue weighted by atomic mass is 9.85. The molecule has 0 spiro atoms. The highest BCUT2D eigenvalue weighted by Gasteiger charge is 2.18. The van der Waals surface area contributed by atoms with Gasteiger partial charge in [0.25, 0.3) is 0 Å². The van der Waals surface area contributed by atoms with Gasteiger partial charge >= 0.3 is 0 Å². The summed E-state index contributed by atoms with van der Waals surface area (Å²) in [5.41, 5.74) is 3.14. The van der Waals surface area contributed by atoms with Crippen molar-refractivity contribution in [2.24, 2.45) is 0 Å². The molecule has 0 aliphatic rings. The molecular weight excluding hydrogens is 520 g/mol. The van der Waals surface area contributed by atoms with Crippen LogP contribution in [0.15, 0.2) is 162 Å². The summed E-state index contributed by atoms with van der Waals surface area (Å²) in [6.07, 6.45) is 0. The molecule has 0 bridgehead atoms. The van der Waals surface area contributed by atoms with Gasteiger partial charge in [0.1, 0.15) is 11.2 Å². The van der Waals surface area contributed by atoms with E-state index in [1.54, 1.807) is 12.1 Å². The van der Waals surface area contributed by atoms with Gasteiger partial charge in [-0.3, -0.25) is 0 Å². The zero-order valence-corrected chi connectivity index (χ0v) is 22.6. The van der Waals surface area contributed by atoms with Crippen molar-refractivity contribution in [2.75, 3.05) is 0 Å². The minimum absolute atomic E-state index is 0.0658. The van der Waals surface area contributed by atoms with E-state index in [1.165, 1.54) is 12.1 Å². The van der Waals surface area contributed by atoms with Crippen LogP contribution in [0.5, 0.6) is 0 Å². The number of hydrogen-bond donors (Lipinski definition) is 0. The van der Waals surface area contributed by atoms with Crippen LogP contribution in [0.2, 0.25) is 0 Å². The van der Waals surface area contributed by atoms with E-state index >= 15 is 0 Å². The van der Waals surface area contributed by atoms with Crippen molar-refractivity contribution in [1.82, 2.24) is 0 Å². The van der Waals surface area contributed by atoms with E-state index in [-0.39, 0.29) is 63.3 Å². The molecule has 1 heteroatoms. The molecule has 43 heavy (non-hydrogen) atoms. The van der Waals surface area contributed by atoms with Crippen molar-refractivity contribution in [3.63, 3.8) is 0 Å². The molecule has 0 unspecified atom stereocenters. The van der Waals surface area contributed by atoms with Crippen LogP contribution in [0.1, 0.15) is 15.1 Å². The van der Waals surface area contributed by atoms with E-state index in [0.29, 0.717) is 27.1 Å². The molecule has 0 aliphatic carbocycles. The summed E-state index contributed by atoms with van der Waals surface area (Å²) in [6, 6.07) is 24.7. The van der Waals surface area contributed by atoms with E-state index in [1.807, 2.05) is 42.5 Å². The standard InChI is InChI=1S/C42H26O/c1-2-12-31-27(10-1)11-9-18-32(31)28-20-22-29(23-21-28)41-35-14-3-5-16-37(35)42(38-17-6-4-15-36(38)41)30-24-25-34-33-13-7-8-19-39(33)43-40(34)26-30/h1-26H/i3D,4D,5D,6D,7D,8D,13D,19D,24D,25D,26D. The average molecular weight is 558 g/mol. The van der Waals surface area contributed by atoms with Crippen LogP contribution in [-0.4, -0.2) is 0 Å². The molecule has 0 aliphatic heterocycles. The fourth-order valence-corrected chi connectivity index (χ4v) is 6.18. The summed E-state index contributed by atoms with van der Waals surface area (Å²) in [7, 11) is 0. The van der Waals surface area contributed by atoms with Crippen molar-refractivity contribution in [2.45, 2.75) is 0 Å². The Morgan fingerprint density at radius 2 is 1.00 bits per heavy atom. The third-order valence-corrected chi connectivity index (χ3v) is 8.10. The Hall–Kier alpha value is -5.66. The molecule has 1 nitrogen and oxygen atoms in total. The summed E-state index contributed by atoms with van der Waals surface area (Å²) in [5.74, 6) is 0. The van der Waals surface area contributed by atoms with Crippen LogP contribution in [-0.2, 0) is 0 Å². The Balaban J connectivity index is 1.39. The molecule has 9 rings (SSSR count). The van der Waals surface area contributed by atoms with E-state index in [0.717, 1.165) is 27.5 Å². The van der Waals surface area contributed by atoms with Crippen molar-refractivity contribution >= 4 is 54.3 Å². The zero-order valence-electron chi connectivity index (χ0n) is 33.6. The summed E-state index contributed by atoms with van der Waals surface area (Å²) in [6.45, 7) is 0. The molecule has 0 atom stereocenters. The van der Waals surface area contributed by atoms with Crippen molar-refractivity contribution in [3.05, 3.63) is 157 Å². The highest BCUT2D eigenvalue weighted by molar-refractivity contribution is 6.22. The van der Waals surface area contributed by atoms with Gasteiger partial charge in [-0.25, -0.2) is 0 Å². The van der Waals surface area contributed by atoms with E-state index in [2.05, 4.69) is 24.3 Å². The molecule has 0 radical (unpaired) electrons. The lowest BCUT2D eigenvalue weighted by Gasteiger charge is -2.18. The van der Waals surface area contributed by atoms with E-state index in [9.17, 15) is 2.74 Å². The highest BCUT2D eigenvalue weighted by atomic mass is 16.3. The van der Waals surface area contributed by atoms with Gasteiger partial charge in [-0.15, -0.1) is 0 Å². The summed E-state index contributed by atoms with van der Waals surface area (Å²) in [5, 5.41) is 3.80. The Kier molecular flexibility index (Phi) is 3.41. The average Bonchev–Trinajstić information content (AvgIpc) is 3.58. The summed E-state index contributed by atoms with van der Waals surface area (Å²) in [4.78, 5) is 0. The number of hydrogen-bond acceptors (Lipinski definition) is 1. The van der Waals surface area contributed by atoms with Gasteiger partial charge in [-0.1, -0.05) is 139 Å². The maximum absolute atomic E-state index is 9.44. The number of benzene rings is 8. The lowest BCUT2D eigenvalue weighted by molar-refractivity contribution is 0.669. The van der Waals surface area contributed by atoms with Crippen molar-refractivity contribution < 1.29 is 19.5 Å². The Morgan fingerprint density at radius 3 is 1.74 bits per heavy atom. The molecule has 0 saturated heterocycles. The second kappa shape index (κ2) is 9.44. The summed E-state index contributed by atoms with van der Waals surface area (Å²) < 4.78 is 102. The smallest absolute Gasteiger partial charge is 0.136 e. The van der Waals surface area contributed by atoms with Gasteiger partial charge in [-0.2, -0.15) is 0 Å². The van der Waals surface area contributed by atoms with Gasteiger partial charge in [0.05, 0.1) is 15.1 Å². The largest absolute Gasteiger partial charge is 0.456 e. The highest BCUT2D eigenvalue weighted by Crippen LogP contribution is 2.45. The third kappa shape index (κ3) is 3.72. The molecular formula is C42H26O. The second-order valence-corrected chi connectivity index (χ2v) is 10.4. The van der Waals surface area contributed by atoms with E-state index < -0.39 is 36.3 Å². The fraction of sp³-hybridized carbons (Fsp3) is 0. The minimum Gasteiger partial charge on any atom is -0.456 e. The molecule has 8 aromatic carbocycles. The van der Waals surface area contributed by atoms with Gasteiger partial charge in [-0.05, 0) is 83.8 Å². The molecule has 1 heterocycles. The first kappa shape index (κ1) is 15.5. The first-order valence-electron chi connectivity index (χ1n) is 19.4. The fourth-order valence-electron chi connectivity index (χ4n) is 6.18. The number of rotatable bonds is 3. The third-order valence-electron chi connectivity index (χ3n) is 8.10. The normalized spacial score (nSPS) is 15.3. The molecule has 0 fully saturated rings. The molecule has 0 amide bonds. The van der Waals surface area contributed by atoms with Gasteiger partial charge in [0.2, 0.25) is 0 Å². The monoisotopic (exact) mass is 557 g/mol. The molecule has 0 saturated carbocycles. The van der Waals surface area contributed by atoms with Crippen molar-refractivity contribution in [3.8, 4) is 33.4 Å². The number of fused-ring (bicyclic) bond motifs is 6. The first-order chi connectivity index (χ1) is 25.9. The Bertz CT molecular complexity index is 3040. The predicted octanol–water partition coefficient (Wildman–Crippen LogP) is 12.0. The van der Waals surface area contributed by atoms with Gasteiger partial charge in [0, 0.05) is 10.8 Å². The van der Waals surface area contributed by atoms with Crippen LogP contribution < -0.4 is 0 Å². The SMILES string of the molecule is [2H]c1cc2c(-c3ccc(-c4cccc5ccccc45)cc3)c3cc([2H])c([2H])cc3c(-c3c([2H])c([2H])c4c(oc5c([2H])c([2H])c([2H])c([2H])c54)c3[2H])c2cc1[2H]. The molecule has 1 aromatic heterocycles. The molecule has 9 aromatic rings. The van der Waals surface area contributed by atoms with Crippen LogP contribution in [0.3, 0.4) is 0 Å². The summed E-state index contributed by atoms with van der Waals surface area (Å²) >= 11 is 0. The minimum atomic E-state index is -0.531. The Morgan fingerprint density at radius 1 is 0.395 bits per heavy atom. The van der Waals surface area contributed by atoms with Crippen LogP contribution >= 0.6 is 0 Å². The number of furan rings is 1. The quantitative estimate of drug-likeness (QED) is 0.197. The predicted molar refractivity (Wildman–Crippen MR) is 183 cm³/mol. The zero-order chi connectivity index (χ0) is 37.9. The first-order valence-corrected chi connectivity index (χ1v) is 13.9. The van der Waals surface area contributed by atoms with E-state index in [4.69, 9.17) is 16.8 Å². The topological polar surface area (TPSA) is 13.1 Å². The van der Waals surface area contributed by atoms with Crippen LogP contribution in [0, 0.1) is 0 Å². The van der Waals surface area contributed by atoms with Gasteiger partial charge in [0.15, 0.2) is 0 Å². The number of para-hydroxylation sites is 1. The van der Waals surface area contributed by atoms with Gasteiger partial charge < -0.3 is 4.42 Å². The maximum Gasteiger partial charge on any atom is 0.136 e. The lowest BCUT2D eigenvalue weighted by Crippen LogP contribution is -1.91. The molecule has 0 N–H and O–H groups in total. The van der Waals surface area contributed by atoms with Crippen LogP contribution in [0.4, 0.5) is 0 Å². The van der Waals surface area contributed by atoms with Crippen LogP contribution in [0.25, 0.3) is 87.6 Å². The Labute approximate surface area is 264 Å². The molecule has 200 valence electrons. The second-order valence-electron chi connectivity index (χ2n) is 10.4. The maximum atomic E-state index is 9.44.